The van der Waals surface area contributed by atoms with Crippen LogP contribution in [0, 0.1) is 37.0 Å². The number of ether oxygens (including phenoxy) is 4. The largest absolute Gasteiger partial charge is 1.00 e. The maximum Gasteiger partial charge on any atom is 1.00 e. The molecule has 28 heteroatoms. The number of methoxy groups -OCH3 is 4. The van der Waals surface area contributed by atoms with E-state index >= 15 is 0 Å². The number of carbonyl (C=O) groups is 9. The number of rotatable bonds is 12. The summed E-state index contributed by atoms with van der Waals surface area (Å²) in [7, 11) is 5.26. The van der Waals surface area contributed by atoms with Crippen molar-refractivity contribution >= 4 is 76.6 Å². The van der Waals surface area contributed by atoms with Crippen molar-refractivity contribution in [3.05, 3.63) is 20.1 Å². The van der Waals surface area contributed by atoms with Crippen molar-refractivity contribution in [1.82, 2.24) is 0 Å². The number of hydrogen-bond donors (Lipinski definition) is 3. The van der Waals surface area contributed by atoms with Crippen molar-refractivity contribution in [3.8, 4) is 0 Å². The monoisotopic (exact) mass is 1160 g/mol. The molecule has 0 saturated heterocycles. The third kappa shape index (κ3) is 39.0. The zero-order valence-corrected chi connectivity index (χ0v) is 49.3. The molecule has 1 atom stereocenters. The van der Waals surface area contributed by atoms with Crippen LogP contribution in [0.3, 0.4) is 0 Å². The molecule has 0 aliphatic heterocycles. The average Bonchev–Trinajstić information content (AvgIpc) is 3.12. The molecule has 388 valence electrons. The first-order valence-corrected chi connectivity index (χ1v) is 20.1. The first-order chi connectivity index (χ1) is 29.3. The van der Waals surface area contributed by atoms with Crippen LogP contribution in [-0.2, 0) is 101 Å². The summed E-state index contributed by atoms with van der Waals surface area (Å²) in [6, 6.07) is 0. The molecule has 0 aromatic rings. The molecule has 0 heterocycles. The maximum atomic E-state index is 12.2. The third-order valence-corrected chi connectivity index (χ3v) is 10.4. The molecule has 17 nitrogen and oxygen atoms in total. The zero-order valence-electron chi connectivity index (χ0n) is 39.8. The number of halogens is 8. The van der Waals surface area contributed by atoms with Crippen molar-refractivity contribution in [1.29, 1.82) is 0 Å². The van der Waals surface area contributed by atoms with Gasteiger partial charge in [0.15, 0.2) is 10.1 Å². The van der Waals surface area contributed by atoms with Gasteiger partial charge in [-0.1, -0.05) is 29.3 Å². The molecule has 5 saturated carbocycles. The molecule has 5 fully saturated rings. The molecular formula is C41H60Cl2F6NaO17Zn2-. The van der Waals surface area contributed by atoms with Crippen LogP contribution in [0.15, 0.2) is 12.7 Å². The minimum atomic E-state index is -2.58. The van der Waals surface area contributed by atoms with Crippen LogP contribution in [-0.4, -0.2) is 125 Å². The molecule has 5 aliphatic carbocycles. The minimum Gasteiger partial charge on any atom is -0.870 e. The molecular weight excluding hydrogens is 1100 g/mol. The molecule has 1 unspecified atom stereocenters. The smallest absolute Gasteiger partial charge is 0.870 e. The molecule has 5 rings (SSSR count). The van der Waals surface area contributed by atoms with Crippen LogP contribution in [0.2, 0.25) is 0 Å². The Morgan fingerprint density at radius 3 is 1.07 bits per heavy atom. The van der Waals surface area contributed by atoms with E-state index in [1.807, 2.05) is 0 Å². The Labute approximate surface area is 454 Å². The summed E-state index contributed by atoms with van der Waals surface area (Å²) in [5.74, 6) is -12.5. The predicted octanol–water partition coefficient (Wildman–Crippen LogP) is 4.55. The minimum absolute atomic E-state index is 0. The van der Waals surface area contributed by atoms with E-state index in [0.29, 0.717) is 25.7 Å². The summed E-state index contributed by atoms with van der Waals surface area (Å²) in [5, 5.41) is 23.8. The quantitative estimate of drug-likeness (QED) is 0.0460. The van der Waals surface area contributed by atoms with Gasteiger partial charge in [-0.2, -0.15) is 0 Å². The Balaban J connectivity index is -0.000000130. The standard InChI is InChI=1S/C7H8Cl2O3.C7H10F2O2.C7H10O3.2C6H8F2O2.C5H8O2.C2H4O2.CH3.Na.H2O.2Zn/c1-12-6(11)3-4-2-5(10)7(4,8)9;1-11-6(10)2-5-3-7(8,9)4-5;1-10-7(9)4-5-2-6(8)3-5;2*7-6(8)2-4(3-6)1-5(9)10;1-3-4-5(6)7-2;1-2(3)4;;;;;/h4H,2-3H2,1H3;5H,2-4H2,1H3;5H,2-4H2,1H3;2*4H,1-3H2,(H,9,10);3H,1,4H2,2H3;1H3,(H,3,4);1H3;;1H2;;/q;;;;;;;-1;+1;;;/p-1. The number of hydrogen-bond acceptors (Lipinski definition) is 14. The average molecular weight is 1160 g/mol. The molecule has 0 spiro atoms. The van der Waals surface area contributed by atoms with Gasteiger partial charge in [0.05, 0.1) is 41.3 Å². The molecule has 69 heavy (non-hydrogen) atoms. The first kappa shape index (κ1) is 80.8. The van der Waals surface area contributed by atoms with E-state index in [-0.39, 0.29) is 205 Å². The molecule has 0 radical (unpaired) electrons. The molecule has 4 N–H and O–H groups in total. The summed E-state index contributed by atoms with van der Waals surface area (Å²) in [5.41, 5.74) is 0. The number of esters is 4. The second-order valence-corrected chi connectivity index (χ2v) is 16.7. The summed E-state index contributed by atoms with van der Waals surface area (Å²) >= 11 is 11.3. The fraction of sp³-hybridized carbons (Fsp3) is 0.707. The number of Topliss-reactive ketones (excluding diaryl/α,β-unsaturated/α-hetero) is 2. The van der Waals surface area contributed by atoms with Gasteiger partial charge in [0, 0.05) is 135 Å². The number of alkyl halides is 8. The zero-order chi connectivity index (χ0) is 50.2. The Morgan fingerprint density at radius 2 is 0.870 bits per heavy atom. The van der Waals surface area contributed by atoms with Gasteiger partial charge in [0.2, 0.25) is 17.8 Å². The maximum absolute atomic E-state index is 12.2. The summed E-state index contributed by atoms with van der Waals surface area (Å²) in [6.07, 6.45) is 2.28. The van der Waals surface area contributed by atoms with E-state index in [1.165, 1.54) is 34.5 Å². The fourth-order valence-electron chi connectivity index (χ4n) is 5.92. The first-order valence-electron chi connectivity index (χ1n) is 19.3. The molecule has 0 aromatic carbocycles. The summed E-state index contributed by atoms with van der Waals surface area (Å²) < 4.78 is 88.7. The predicted molar refractivity (Wildman–Crippen MR) is 221 cm³/mol. The molecule has 5 aliphatic rings. The summed E-state index contributed by atoms with van der Waals surface area (Å²) in [4.78, 5) is 92.2. The van der Waals surface area contributed by atoms with Gasteiger partial charge in [-0.05, 0) is 23.7 Å². The van der Waals surface area contributed by atoms with Gasteiger partial charge in [-0.25, -0.2) is 26.3 Å². The van der Waals surface area contributed by atoms with Gasteiger partial charge in [0.25, 0.3) is 5.97 Å². The Hall–Kier alpha value is -2.26. The number of ketones is 2. The second kappa shape index (κ2) is 39.3. The van der Waals surface area contributed by atoms with Crippen LogP contribution in [0.1, 0.15) is 103 Å². The van der Waals surface area contributed by atoms with Crippen molar-refractivity contribution in [2.45, 2.75) is 125 Å². The van der Waals surface area contributed by atoms with Crippen LogP contribution in [0.4, 0.5) is 26.3 Å². The van der Waals surface area contributed by atoms with E-state index in [0.717, 1.165) is 6.92 Å². The fourth-order valence-corrected chi connectivity index (χ4v) is 6.38. The third-order valence-electron chi connectivity index (χ3n) is 9.34. The molecule has 0 bridgehead atoms. The van der Waals surface area contributed by atoms with Crippen LogP contribution in [0.25, 0.3) is 0 Å². The normalized spacial score (nSPS) is 18.8. The van der Waals surface area contributed by atoms with E-state index < -0.39 is 51.9 Å². The number of aliphatic carboxylic acids is 3. The van der Waals surface area contributed by atoms with Gasteiger partial charge in [0.1, 0.15) is 5.78 Å². The second-order valence-electron chi connectivity index (χ2n) is 15.3. The molecule has 0 amide bonds. The van der Waals surface area contributed by atoms with Crippen molar-refractivity contribution in [2.75, 3.05) is 28.4 Å². The van der Waals surface area contributed by atoms with Crippen LogP contribution < -0.4 is 29.6 Å². The molecule has 0 aromatic heterocycles. The van der Waals surface area contributed by atoms with Gasteiger partial charge >= 0.3 is 65.4 Å². The van der Waals surface area contributed by atoms with Gasteiger partial charge in [-0.15, -0.1) is 6.58 Å². The van der Waals surface area contributed by atoms with Crippen molar-refractivity contribution in [3.63, 3.8) is 0 Å². The number of carbonyl (C=O) groups excluding carboxylic acids is 6. The summed E-state index contributed by atoms with van der Waals surface area (Å²) in [6.45, 7) is 4.43. The SMILES string of the molecule is C=CCC(=O)OC.CC(=O)O.COC(=O)CC1CC(=O)C1.COC(=O)CC1CC(=O)C1(Cl)Cl.COC(=O)CC1CC(F)(F)C1.O=C(O)CC1CC(F)(F)C1.O=C(O)CC1CC(F)(F)C1.[CH3-].[Na+].[OH-].[Zn].[Zn]. The van der Waals surface area contributed by atoms with E-state index in [2.05, 4.69) is 25.5 Å². The Morgan fingerprint density at radius 1 is 0.594 bits per heavy atom. The Bertz CT molecular complexity index is 1560. The van der Waals surface area contributed by atoms with Crippen LogP contribution >= 0.6 is 23.2 Å². The van der Waals surface area contributed by atoms with E-state index in [9.17, 15) is 64.7 Å². The van der Waals surface area contributed by atoms with E-state index in [1.54, 1.807) is 0 Å². The van der Waals surface area contributed by atoms with Crippen molar-refractivity contribution < 1.29 is 178 Å². The van der Waals surface area contributed by atoms with Crippen molar-refractivity contribution in [2.24, 2.45) is 29.6 Å². The van der Waals surface area contributed by atoms with Gasteiger partial charge < -0.3 is 47.2 Å². The number of carboxylic acids is 3. The van der Waals surface area contributed by atoms with Crippen LogP contribution in [0.5, 0.6) is 0 Å². The number of carboxylic acid groups (broad SMARTS) is 3. The van der Waals surface area contributed by atoms with E-state index in [4.69, 9.17) is 43.3 Å². The van der Waals surface area contributed by atoms with Gasteiger partial charge in [-0.3, -0.25) is 43.2 Å². The topological polar surface area (TPSA) is 281 Å². The Kier molecular flexibility index (Phi) is 46.0.